The summed E-state index contributed by atoms with van der Waals surface area (Å²) in [5.41, 5.74) is 8.43. The van der Waals surface area contributed by atoms with E-state index in [1.54, 1.807) is 6.07 Å². The van der Waals surface area contributed by atoms with Gasteiger partial charge in [-0.3, -0.25) is 0 Å². The van der Waals surface area contributed by atoms with Crippen molar-refractivity contribution in [1.29, 1.82) is 0 Å². The Morgan fingerprint density at radius 3 is 2.59 bits per heavy atom. The molecule has 1 heterocycles. The smallest absolute Gasteiger partial charge is 0.219 e. The molecule has 1 aromatic heterocycles. The van der Waals surface area contributed by atoms with Crippen LogP contribution in [0.15, 0.2) is 30.5 Å². The third-order valence-corrected chi connectivity index (χ3v) is 2.48. The van der Waals surface area contributed by atoms with Crippen LogP contribution in [0.3, 0.4) is 0 Å². The molecule has 0 unspecified atom stereocenters. The van der Waals surface area contributed by atoms with Crippen molar-refractivity contribution in [2.75, 3.05) is 5.73 Å². The molecular formula is C13H13FN2O. The van der Waals surface area contributed by atoms with Gasteiger partial charge >= 0.3 is 0 Å². The van der Waals surface area contributed by atoms with Gasteiger partial charge in [0.15, 0.2) is 0 Å². The standard InChI is InChI=1S/C13H13FN2O/c1-8-5-9(2)12(6-11(8)15)17-13-4-3-10(14)7-16-13/h3-7H,15H2,1-2H3. The van der Waals surface area contributed by atoms with Crippen LogP contribution in [0, 0.1) is 19.7 Å². The summed E-state index contributed by atoms with van der Waals surface area (Å²) < 4.78 is 18.2. The second-order valence-electron chi connectivity index (χ2n) is 3.89. The molecule has 0 aliphatic rings. The zero-order valence-electron chi connectivity index (χ0n) is 9.70. The van der Waals surface area contributed by atoms with Gasteiger partial charge in [0.1, 0.15) is 11.6 Å². The van der Waals surface area contributed by atoms with E-state index < -0.39 is 5.82 Å². The monoisotopic (exact) mass is 232 g/mol. The quantitative estimate of drug-likeness (QED) is 0.809. The van der Waals surface area contributed by atoms with Crippen LogP contribution in [0.4, 0.5) is 10.1 Å². The Balaban J connectivity index is 2.30. The Labute approximate surface area is 99.1 Å². The summed E-state index contributed by atoms with van der Waals surface area (Å²) >= 11 is 0. The van der Waals surface area contributed by atoms with E-state index in [1.165, 1.54) is 12.1 Å². The first-order chi connectivity index (χ1) is 8.06. The van der Waals surface area contributed by atoms with E-state index in [2.05, 4.69) is 4.98 Å². The van der Waals surface area contributed by atoms with Crippen LogP contribution in [0.1, 0.15) is 11.1 Å². The SMILES string of the molecule is Cc1cc(C)c(Oc2ccc(F)cn2)cc1N. The molecule has 0 saturated carbocycles. The molecule has 3 nitrogen and oxygen atoms in total. The van der Waals surface area contributed by atoms with Crippen molar-refractivity contribution in [2.24, 2.45) is 0 Å². The summed E-state index contributed by atoms with van der Waals surface area (Å²) in [4.78, 5) is 3.83. The van der Waals surface area contributed by atoms with Gasteiger partial charge in [0.25, 0.3) is 0 Å². The number of halogens is 1. The lowest BCUT2D eigenvalue weighted by atomic mass is 10.1. The average molecular weight is 232 g/mol. The van der Waals surface area contributed by atoms with E-state index in [-0.39, 0.29) is 0 Å². The van der Waals surface area contributed by atoms with Crippen molar-refractivity contribution >= 4 is 5.69 Å². The normalized spacial score (nSPS) is 10.3. The molecule has 0 bridgehead atoms. The highest BCUT2D eigenvalue weighted by Gasteiger charge is 2.05. The number of nitrogen functional groups attached to an aromatic ring is 1. The number of pyridine rings is 1. The van der Waals surface area contributed by atoms with E-state index in [1.807, 2.05) is 19.9 Å². The third kappa shape index (κ3) is 2.53. The molecule has 0 radical (unpaired) electrons. The average Bonchev–Trinajstić information content (AvgIpc) is 2.29. The van der Waals surface area contributed by atoms with Gasteiger partial charge in [0.2, 0.25) is 5.88 Å². The van der Waals surface area contributed by atoms with Gasteiger partial charge in [-0.1, -0.05) is 6.07 Å². The zero-order valence-corrected chi connectivity index (χ0v) is 9.70. The van der Waals surface area contributed by atoms with Crippen molar-refractivity contribution in [3.05, 3.63) is 47.4 Å². The molecule has 2 rings (SSSR count). The lowest BCUT2D eigenvalue weighted by molar-refractivity contribution is 0.456. The molecule has 2 N–H and O–H groups in total. The summed E-state index contributed by atoms with van der Waals surface area (Å²) in [6.07, 6.45) is 1.11. The van der Waals surface area contributed by atoms with Crippen molar-refractivity contribution in [2.45, 2.75) is 13.8 Å². The van der Waals surface area contributed by atoms with Gasteiger partial charge < -0.3 is 10.5 Å². The molecule has 0 atom stereocenters. The highest BCUT2D eigenvalue weighted by molar-refractivity contribution is 5.54. The number of aromatic nitrogens is 1. The van der Waals surface area contributed by atoms with E-state index in [9.17, 15) is 4.39 Å². The summed E-state index contributed by atoms with van der Waals surface area (Å²) in [6.45, 7) is 3.85. The Morgan fingerprint density at radius 2 is 1.94 bits per heavy atom. The number of anilines is 1. The Kier molecular flexibility index (Phi) is 2.95. The predicted molar refractivity (Wildman–Crippen MR) is 64.6 cm³/mol. The third-order valence-electron chi connectivity index (χ3n) is 2.48. The van der Waals surface area contributed by atoms with Crippen LogP contribution < -0.4 is 10.5 Å². The van der Waals surface area contributed by atoms with Crippen LogP contribution in [0.2, 0.25) is 0 Å². The van der Waals surface area contributed by atoms with Gasteiger partial charge in [-0.25, -0.2) is 9.37 Å². The van der Waals surface area contributed by atoms with Gasteiger partial charge in [-0.05, 0) is 31.0 Å². The maximum atomic E-state index is 12.7. The minimum Gasteiger partial charge on any atom is -0.439 e. The summed E-state index contributed by atoms with van der Waals surface area (Å²) in [5.74, 6) is 0.586. The van der Waals surface area contributed by atoms with E-state index in [4.69, 9.17) is 10.5 Å². The molecule has 0 aliphatic heterocycles. The molecule has 88 valence electrons. The molecule has 1 aromatic carbocycles. The maximum Gasteiger partial charge on any atom is 0.219 e. The van der Waals surface area contributed by atoms with E-state index in [0.717, 1.165) is 17.3 Å². The lowest BCUT2D eigenvalue weighted by Crippen LogP contribution is -1.95. The number of aryl methyl sites for hydroxylation is 2. The fourth-order valence-electron chi connectivity index (χ4n) is 1.49. The van der Waals surface area contributed by atoms with Crippen LogP contribution in [-0.2, 0) is 0 Å². The molecule has 0 saturated heterocycles. The first-order valence-corrected chi connectivity index (χ1v) is 5.22. The van der Waals surface area contributed by atoms with Crippen LogP contribution in [-0.4, -0.2) is 4.98 Å². The molecule has 0 spiro atoms. The number of hydrogen-bond acceptors (Lipinski definition) is 3. The van der Waals surface area contributed by atoms with Crippen LogP contribution >= 0.6 is 0 Å². The molecule has 0 aliphatic carbocycles. The lowest BCUT2D eigenvalue weighted by Gasteiger charge is -2.10. The zero-order chi connectivity index (χ0) is 12.4. The van der Waals surface area contributed by atoms with Crippen molar-refractivity contribution < 1.29 is 9.13 Å². The molecule has 2 aromatic rings. The highest BCUT2D eigenvalue weighted by Crippen LogP contribution is 2.28. The highest BCUT2D eigenvalue weighted by atomic mass is 19.1. The maximum absolute atomic E-state index is 12.7. The van der Waals surface area contributed by atoms with E-state index >= 15 is 0 Å². The first-order valence-electron chi connectivity index (χ1n) is 5.22. The fourth-order valence-corrected chi connectivity index (χ4v) is 1.49. The Morgan fingerprint density at radius 1 is 1.18 bits per heavy atom. The number of hydrogen-bond donors (Lipinski definition) is 1. The van der Waals surface area contributed by atoms with Gasteiger partial charge in [0, 0.05) is 17.8 Å². The number of nitrogens with two attached hydrogens (primary N) is 1. The summed E-state index contributed by atoms with van der Waals surface area (Å²) in [7, 11) is 0. The molecule has 4 heteroatoms. The minimum atomic E-state index is -0.391. The molecule has 0 amide bonds. The first kappa shape index (κ1) is 11.4. The Bertz CT molecular complexity index is 538. The number of nitrogens with zero attached hydrogens (tertiary/aromatic N) is 1. The number of benzene rings is 1. The topological polar surface area (TPSA) is 48.1 Å². The second kappa shape index (κ2) is 4.41. The summed E-state index contributed by atoms with van der Waals surface area (Å²) in [5, 5.41) is 0. The van der Waals surface area contributed by atoms with Gasteiger partial charge in [0.05, 0.1) is 6.20 Å². The molecule has 0 fully saturated rings. The van der Waals surface area contributed by atoms with Gasteiger partial charge in [-0.15, -0.1) is 0 Å². The van der Waals surface area contributed by atoms with Gasteiger partial charge in [-0.2, -0.15) is 0 Å². The number of rotatable bonds is 2. The van der Waals surface area contributed by atoms with E-state index in [0.29, 0.717) is 17.3 Å². The van der Waals surface area contributed by atoms with Crippen molar-refractivity contribution in [1.82, 2.24) is 4.98 Å². The summed E-state index contributed by atoms with van der Waals surface area (Å²) in [6, 6.07) is 6.46. The second-order valence-corrected chi connectivity index (χ2v) is 3.89. The fraction of sp³-hybridized carbons (Fsp3) is 0.154. The predicted octanol–water partition coefficient (Wildman–Crippen LogP) is 3.21. The van der Waals surface area contributed by atoms with Crippen molar-refractivity contribution in [3.8, 4) is 11.6 Å². The number of ether oxygens (including phenoxy) is 1. The molecular weight excluding hydrogens is 219 g/mol. The minimum absolute atomic E-state index is 0.345. The van der Waals surface area contributed by atoms with Crippen molar-refractivity contribution in [3.63, 3.8) is 0 Å². The van der Waals surface area contributed by atoms with Crippen LogP contribution in [0.5, 0.6) is 11.6 Å². The molecule has 17 heavy (non-hydrogen) atoms. The Hall–Kier alpha value is -2.10. The van der Waals surface area contributed by atoms with Crippen LogP contribution in [0.25, 0.3) is 0 Å². The largest absolute Gasteiger partial charge is 0.439 e.